The third kappa shape index (κ3) is 4.94. The van der Waals surface area contributed by atoms with Gasteiger partial charge in [0.25, 0.3) is 5.69 Å². The number of ether oxygens (including phenoxy) is 2. The molecule has 2 rings (SSSR count). The molecule has 7 nitrogen and oxygen atoms in total. The van der Waals surface area contributed by atoms with Gasteiger partial charge < -0.3 is 9.47 Å². The van der Waals surface area contributed by atoms with Crippen molar-refractivity contribution in [2.24, 2.45) is 0 Å². The third-order valence-corrected chi connectivity index (χ3v) is 4.33. The van der Waals surface area contributed by atoms with Crippen molar-refractivity contribution in [1.82, 2.24) is 4.98 Å². The minimum atomic E-state index is -4.94. The molecule has 0 aliphatic heterocycles. The number of carbonyl (C=O) groups is 1. The van der Waals surface area contributed by atoms with E-state index in [1.165, 1.54) is 0 Å². The Kier molecular flexibility index (Phi) is 6.37. The van der Waals surface area contributed by atoms with E-state index in [0.717, 1.165) is 23.8 Å². The molecule has 0 amide bonds. The van der Waals surface area contributed by atoms with Crippen molar-refractivity contribution in [3.05, 3.63) is 43.8 Å². The Labute approximate surface area is 155 Å². The molecule has 0 spiro atoms. The number of hydrogen-bond acceptors (Lipinski definition) is 7. The SMILES string of the molecule is CCCc1nc(Oc2ccc([N+](=O)[O-])c(C(F)(F)F)c2)c(C(=O)OCC)s1. The lowest BCUT2D eigenvalue weighted by Gasteiger charge is -2.10. The molecule has 0 radical (unpaired) electrons. The topological polar surface area (TPSA) is 91.6 Å². The van der Waals surface area contributed by atoms with Crippen molar-refractivity contribution in [3.8, 4) is 11.6 Å². The summed E-state index contributed by atoms with van der Waals surface area (Å²) in [6.45, 7) is 3.62. The van der Waals surface area contributed by atoms with Crippen LogP contribution in [0.2, 0.25) is 0 Å². The first-order valence-corrected chi connectivity index (χ1v) is 8.69. The number of rotatable bonds is 7. The van der Waals surface area contributed by atoms with E-state index in [-0.39, 0.29) is 23.1 Å². The molecule has 0 fully saturated rings. The number of nitro benzene ring substituents is 1. The highest BCUT2D eigenvalue weighted by Gasteiger charge is 2.39. The molecular formula is C16H15F3N2O5S. The Hall–Kier alpha value is -2.69. The number of thiazole rings is 1. The number of alkyl halides is 3. The summed E-state index contributed by atoms with van der Waals surface area (Å²) in [5.74, 6) is -1.22. The van der Waals surface area contributed by atoms with E-state index in [9.17, 15) is 28.1 Å². The molecule has 146 valence electrons. The summed E-state index contributed by atoms with van der Waals surface area (Å²) in [4.78, 5) is 25.9. The Morgan fingerprint density at radius 2 is 2.04 bits per heavy atom. The molecule has 0 saturated carbocycles. The number of hydrogen-bond donors (Lipinski definition) is 0. The highest BCUT2D eigenvalue weighted by atomic mass is 32.1. The molecule has 0 saturated heterocycles. The highest BCUT2D eigenvalue weighted by molar-refractivity contribution is 7.13. The summed E-state index contributed by atoms with van der Waals surface area (Å²) in [7, 11) is 0. The van der Waals surface area contributed by atoms with Crippen LogP contribution in [-0.2, 0) is 17.3 Å². The number of nitrogens with zero attached hydrogens (tertiary/aromatic N) is 2. The molecular weight excluding hydrogens is 389 g/mol. The van der Waals surface area contributed by atoms with Crippen LogP contribution in [-0.4, -0.2) is 22.5 Å². The van der Waals surface area contributed by atoms with Crippen LogP contribution in [0.15, 0.2) is 18.2 Å². The Bertz CT molecular complexity index is 851. The number of aromatic nitrogens is 1. The minimum Gasteiger partial charge on any atom is -0.462 e. The molecule has 0 aliphatic carbocycles. The minimum absolute atomic E-state index is 0.0206. The van der Waals surface area contributed by atoms with Gasteiger partial charge in [0.05, 0.1) is 16.5 Å². The molecule has 0 aliphatic rings. The number of halogens is 3. The van der Waals surface area contributed by atoms with Gasteiger partial charge in [-0.3, -0.25) is 10.1 Å². The fourth-order valence-corrected chi connectivity index (χ4v) is 3.13. The van der Waals surface area contributed by atoms with Gasteiger partial charge in [-0.1, -0.05) is 6.92 Å². The maximum absolute atomic E-state index is 13.1. The second-order valence-corrected chi connectivity index (χ2v) is 6.33. The van der Waals surface area contributed by atoms with E-state index in [0.29, 0.717) is 23.6 Å². The normalized spacial score (nSPS) is 11.3. The zero-order valence-corrected chi connectivity index (χ0v) is 15.1. The lowest BCUT2D eigenvalue weighted by molar-refractivity contribution is -0.388. The van der Waals surface area contributed by atoms with Gasteiger partial charge in [0.2, 0.25) is 5.88 Å². The number of benzene rings is 1. The van der Waals surface area contributed by atoms with E-state index in [2.05, 4.69) is 4.98 Å². The average molecular weight is 404 g/mol. The van der Waals surface area contributed by atoms with E-state index in [4.69, 9.17) is 9.47 Å². The smallest absolute Gasteiger partial charge is 0.423 e. The fourth-order valence-electron chi connectivity index (χ4n) is 2.14. The molecule has 27 heavy (non-hydrogen) atoms. The summed E-state index contributed by atoms with van der Waals surface area (Å²) in [5, 5.41) is 11.4. The van der Waals surface area contributed by atoms with Crippen LogP contribution in [0.4, 0.5) is 18.9 Å². The lowest BCUT2D eigenvalue weighted by Crippen LogP contribution is -2.09. The molecule has 1 aromatic heterocycles. The maximum Gasteiger partial charge on any atom is 0.423 e. The van der Waals surface area contributed by atoms with E-state index >= 15 is 0 Å². The molecule has 1 heterocycles. The molecule has 2 aromatic rings. The summed E-state index contributed by atoms with van der Waals surface area (Å²) < 4.78 is 49.5. The van der Waals surface area contributed by atoms with Crippen LogP contribution in [0.25, 0.3) is 0 Å². The van der Waals surface area contributed by atoms with Crippen LogP contribution in [0.3, 0.4) is 0 Å². The van der Waals surface area contributed by atoms with E-state index in [1.807, 2.05) is 6.92 Å². The lowest BCUT2D eigenvalue weighted by atomic mass is 10.1. The van der Waals surface area contributed by atoms with Crippen LogP contribution in [0.1, 0.15) is 40.5 Å². The zero-order chi connectivity index (χ0) is 20.2. The Morgan fingerprint density at radius 3 is 2.59 bits per heavy atom. The first kappa shape index (κ1) is 20.6. The summed E-state index contributed by atoms with van der Waals surface area (Å²) >= 11 is 1.03. The van der Waals surface area contributed by atoms with Crippen LogP contribution in [0.5, 0.6) is 11.6 Å². The molecule has 1 aromatic carbocycles. The Balaban J connectivity index is 2.44. The van der Waals surface area contributed by atoms with Crippen molar-refractivity contribution >= 4 is 23.0 Å². The third-order valence-electron chi connectivity index (χ3n) is 3.25. The van der Waals surface area contributed by atoms with Gasteiger partial charge in [0.1, 0.15) is 11.3 Å². The van der Waals surface area contributed by atoms with Crippen LogP contribution in [0, 0.1) is 10.1 Å². The van der Waals surface area contributed by atoms with Crippen molar-refractivity contribution < 1.29 is 32.4 Å². The van der Waals surface area contributed by atoms with Gasteiger partial charge in [0.15, 0.2) is 4.88 Å². The number of carbonyl (C=O) groups excluding carboxylic acids is 1. The molecule has 0 bridgehead atoms. The molecule has 0 unspecified atom stereocenters. The number of esters is 1. The van der Waals surface area contributed by atoms with Gasteiger partial charge >= 0.3 is 12.1 Å². The number of aryl methyl sites for hydroxylation is 1. The standard InChI is InChI=1S/C16H15F3N2O5S/c1-3-5-12-20-14(13(27-12)15(22)25-4-2)26-9-6-7-11(21(23)24)10(8-9)16(17,18)19/h6-8H,3-5H2,1-2H3. The van der Waals surface area contributed by atoms with Crippen molar-refractivity contribution in [2.45, 2.75) is 32.9 Å². The summed E-state index contributed by atoms with van der Waals surface area (Å²) in [6.07, 6.45) is -3.65. The summed E-state index contributed by atoms with van der Waals surface area (Å²) in [5.41, 5.74) is -2.54. The van der Waals surface area contributed by atoms with Crippen LogP contribution < -0.4 is 4.74 Å². The number of nitro groups is 1. The first-order valence-electron chi connectivity index (χ1n) is 7.87. The quantitative estimate of drug-likeness (QED) is 0.367. The highest BCUT2D eigenvalue weighted by Crippen LogP contribution is 2.39. The Morgan fingerprint density at radius 1 is 1.33 bits per heavy atom. The maximum atomic E-state index is 13.1. The fraction of sp³-hybridized carbons (Fsp3) is 0.375. The van der Waals surface area contributed by atoms with Crippen molar-refractivity contribution in [3.63, 3.8) is 0 Å². The van der Waals surface area contributed by atoms with E-state index in [1.54, 1.807) is 6.92 Å². The summed E-state index contributed by atoms with van der Waals surface area (Å²) in [6, 6.07) is 2.22. The van der Waals surface area contributed by atoms with Crippen molar-refractivity contribution in [1.29, 1.82) is 0 Å². The molecule has 11 heteroatoms. The van der Waals surface area contributed by atoms with Gasteiger partial charge in [-0.25, -0.2) is 9.78 Å². The molecule has 0 N–H and O–H groups in total. The van der Waals surface area contributed by atoms with Crippen LogP contribution >= 0.6 is 11.3 Å². The van der Waals surface area contributed by atoms with Gasteiger partial charge in [-0.15, -0.1) is 11.3 Å². The largest absolute Gasteiger partial charge is 0.462 e. The van der Waals surface area contributed by atoms with Gasteiger partial charge in [-0.2, -0.15) is 13.2 Å². The predicted octanol–water partition coefficient (Wildman–Crippen LogP) is 4.99. The monoisotopic (exact) mass is 404 g/mol. The zero-order valence-electron chi connectivity index (χ0n) is 14.3. The molecule has 0 atom stereocenters. The van der Waals surface area contributed by atoms with Gasteiger partial charge in [-0.05, 0) is 25.8 Å². The average Bonchev–Trinajstić information content (AvgIpc) is 2.97. The predicted molar refractivity (Wildman–Crippen MR) is 90.2 cm³/mol. The first-order chi connectivity index (χ1) is 12.7. The van der Waals surface area contributed by atoms with E-state index < -0.39 is 28.3 Å². The second kappa shape index (κ2) is 8.33. The van der Waals surface area contributed by atoms with Crippen molar-refractivity contribution in [2.75, 3.05) is 6.61 Å². The second-order valence-electron chi connectivity index (χ2n) is 5.25. The van der Waals surface area contributed by atoms with Gasteiger partial charge in [0, 0.05) is 12.1 Å².